The molecule has 1 N–H and O–H groups in total. The zero-order valence-electron chi connectivity index (χ0n) is 14.6. The van der Waals surface area contributed by atoms with Crippen LogP contribution in [0, 0.1) is 12.8 Å². The predicted molar refractivity (Wildman–Crippen MR) is 86.1 cm³/mol. The minimum absolute atomic E-state index is 0.198. The molecule has 0 aromatic carbocycles. The Labute approximate surface area is 137 Å². The highest BCUT2D eigenvalue weighted by atomic mass is 16.6. The Morgan fingerprint density at radius 3 is 2.65 bits per heavy atom. The maximum absolute atomic E-state index is 12.0. The minimum atomic E-state index is -0.428. The van der Waals surface area contributed by atoms with Gasteiger partial charge in [-0.2, -0.15) is 4.98 Å². The quantitative estimate of drug-likeness (QED) is 0.836. The van der Waals surface area contributed by atoms with E-state index in [2.05, 4.69) is 15.5 Å². The lowest BCUT2D eigenvalue weighted by Gasteiger charge is -2.33. The van der Waals surface area contributed by atoms with Crippen LogP contribution >= 0.6 is 0 Å². The second-order valence-electron chi connectivity index (χ2n) is 7.10. The van der Waals surface area contributed by atoms with Crippen molar-refractivity contribution in [1.29, 1.82) is 0 Å². The number of likely N-dealkylation sites (tertiary alicyclic amines) is 1. The van der Waals surface area contributed by atoms with Crippen molar-refractivity contribution in [2.45, 2.75) is 52.6 Å². The molecule has 2 rings (SSSR count). The number of aryl methyl sites for hydroxylation is 1. The molecule has 1 fully saturated rings. The highest BCUT2D eigenvalue weighted by molar-refractivity contribution is 5.68. The lowest BCUT2D eigenvalue weighted by atomic mass is 9.97. The van der Waals surface area contributed by atoms with Crippen LogP contribution in [0.25, 0.3) is 0 Å². The van der Waals surface area contributed by atoms with Crippen molar-refractivity contribution >= 4 is 6.09 Å². The summed E-state index contributed by atoms with van der Waals surface area (Å²) in [5, 5.41) is 7.20. The molecule has 1 aromatic rings. The number of carbonyl (C=O) groups excluding carboxylic acids is 1. The molecule has 23 heavy (non-hydrogen) atoms. The van der Waals surface area contributed by atoms with E-state index >= 15 is 0 Å². The van der Waals surface area contributed by atoms with Crippen LogP contribution in [0.5, 0.6) is 0 Å². The number of ether oxygens (including phenoxy) is 1. The van der Waals surface area contributed by atoms with Gasteiger partial charge >= 0.3 is 6.09 Å². The molecule has 1 aliphatic rings. The third-order valence-electron chi connectivity index (χ3n) is 3.78. The van der Waals surface area contributed by atoms with E-state index in [1.165, 1.54) is 0 Å². The third-order valence-corrected chi connectivity index (χ3v) is 3.78. The maximum Gasteiger partial charge on any atom is 0.410 e. The molecule has 2 heterocycles. The molecule has 1 aliphatic heterocycles. The number of aromatic nitrogens is 2. The Bertz CT molecular complexity index is 502. The number of nitrogens with zero attached hydrogens (tertiary/aromatic N) is 3. The fraction of sp³-hybridized carbons (Fsp3) is 0.812. The molecule has 0 aliphatic carbocycles. The van der Waals surface area contributed by atoms with Gasteiger partial charge in [0.05, 0.1) is 0 Å². The molecule has 7 heteroatoms. The van der Waals surface area contributed by atoms with Gasteiger partial charge in [0, 0.05) is 26.1 Å². The molecular formula is C16H28N4O3. The first kappa shape index (κ1) is 17.7. The zero-order valence-corrected chi connectivity index (χ0v) is 14.6. The summed E-state index contributed by atoms with van der Waals surface area (Å²) in [6.45, 7) is 10.8. The fourth-order valence-electron chi connectivity index (χ4n) is 2.59. The molecule has 0 unspecified atom stereocenters. The van der Waals surface area contributed by atoms with E-state index in [0.29, 0.717) is 17.6 Å². The van der Waals surface area contributed by atoms with Crippen molar-refractivity contribution in [2.24, 2.45) is 5.92 Å². The summed E-state index contributed by atoms with van der Waals surface area (Å²) >= 11 is 0. The fourth-order valence-corrected chi connectivity index (χ4v) is 2.59. The van der Waals surface area contributed by atoms with Crippen LogP contribution in [0.1, 0.15) is 45.3 Å². The van der Waals surface area contributed by atoms with E-state index in [9.17, 15) is 4.79 Å². The first-order valence-electron chi connectivity index (χ1n) is 8.31. The van der Waals surface area contributed by atoms with Crippen LogP contribution in [-0.2, 0) is 11.2 Å². The normalized spacial score (nSPS) is 16.6. The Hall–Kier alpha value is -1.63. The lowest BCUT2D eigenvalue weighted by Crippen LogP contribution is -2.43. The van der Waals surface area contributed by atoms with Crippen molar-refractivity contribution < 1.29 is 14.1 Å². The number of piperidine rings is 1. The van der Waals surface area contributed by atoms with Crippen molar-refractivity contribution in [3.8, 4) is 0 Å². The van der Waals surface area contributed by atoms with Crippen LogP contribution in [0.15, 0.2) is 4.52 Å². The largest absolute Gasteiger partial charge is 0.444 e. The van der Waals surface area contributed by atoms with E-state index in [-0.39, 0.29) is 6.09 Å². The number of carbonyl (C=O) groups is 1. The number of nitrogens with one attached hydrogen (secondary N) is 1. The third kappa shape index (κ3) is 6.17. The average Bonchev–Trinajstić information content (AvgIpc) is 2.88. The summed E-state index contributed by atoms with van der Waals surface area (Å²) in [4.78, 5) is 18.0. The second kappa shape index (κ2) is 7.77. The van der Waals surface area contributed by atoms with Gasteiger partial charge in [0.15, 0.2) is 5.82 Å². The van der Waals surface area contributed by atoms with Gasteiger partial charge in [-0.25, -0.2) is 4.79 Å². The topological polar surface area (TPSA) is 80.5 Å². The first-order valence-corrected chi connectivity index (χ1v) is 8.31. The SMILES string of the molecule is Cc1noc(CCNCC2CCN(C(=O)OC(C)(C)C)CC2)n1. The van der Waals surface area contributed by atoms with E-state index in [0.717, 1.165) is 45.4 Å². The van der Waals surface area contributed by atoms with E-state index < -0.39 is 5.60 Å². The summed E-state index contributed by atoms with van der Waals surface area (Å²) in [5.41, 5.74) is -0.428. The van der Waals surface area contributed by atoms with Gasteiger partial charge in [-0.05, 0) is 53.0 Å². The van der Waals surface area contributed by atoms with E-state index in [1.807, 2.05) is 32.6 Å². The summed E-state index contributed by atoms with van der Waals surface area (Å²) in [5.74, 6) is 1.95. The number of amides is 1. The number of hydrogen-bond acceptors (Lipinski definition) is 6. The summed E-state index contributed by atoms with van der Waals surface area (Å²) in [6, 6.07) is 0. The van der Waals surface area contributed by atoms with E-state index in [1.54, 1.807) is 0 Å². The van der Waals surface area contributed by atoms with Gasteiger partial charge in [-0.3, -0.25) is 0 Å². The van der Waals surface area contributed by atoms with Crippen molar-refractivity contribution in [2.75, 3.05) is 26.2 Å². The molecule has 0 atom stereocenters. The van der Waals surface area contributed by atoms with Crippen molar-refractivity contribution in [1.82, 2.24) is 20.4 Å². The van der Waals surface area contributed by atoms with Gasteiger partial charge in [-0.1, -0.05) is 5.16 Å². The van der Waals surface area contributed by atoms with Crippen LogP contribution in [0.2, 0.25) is 0 Å². The number of rotatable bonds is 5. The van der Waals surface area contributed by atoms with Gasteiger partial charge in [0.2, 0.25) is 5.89 Å². The van der Waals surface area contributed by atoms with Crippen LogP contribution in [0.4, 0.5) is 4.79 Å². The average molecular weight is 324 g/mol. The minimum Gasteiger partial charge on any atom is -0.444 e. The zero-order chi connectivity index (χ0) is 16.9. The van der Waals surface area contributed by atoms with Gasteiger partial charge < -0.3 is 19.5 Å². The molecule has 0 spiro atoms. The summed E-state index contributed by atoms with van der Waals surface area (Å²) in [6.07, 6.45) is 2.56. The second-order valence-corrected chi connectivity index (χ2v) is 7.10. The van der Waals surface area contributed by atoms with Gasteiger partial charge in [0.1, 0.15) is 5.60 Å². The lowest BCUT2D eigenvalue weighted by molar-refractivity contribution is 0.0184. The molecule has 1 aromatic heterocycles. The molecule has 0 radical (unpaired) electrons. The molecule has 0 saturated carbocycles. The van der Waals surface area contributed by atoms with E-state index in [4.69, 9.17) is 9.26 Å². The highest BCUT2D eigenvalue weighted by Gasteiger charge is 2.26. The molecule has 7 nitrogen and oxygen atoms in total. The van der Waals surface area contributed by atoms with Gasteiger partial charge in [0.25, 0.3) is 0 Å². The Balaban J connectivity index is 1.60. The number of hydrogen-bond donors (Lipinski definition) is 1. The smallest absolute Gasteiger partial charge is 0.410 e. The van der Waals surface area contributed by atoms with Gasteiger partial charge in [-0.15, -0.1) is 0 Å². The Morgan fingerprint density at radius 1 is 1.39 bits per heavy atom. The standard InChI is InChI=1S/C16H28N4O3/c1-12-18-14(23-19-12)5-8-17-11-13-6-9-20(10-7-13)15(21)22-16(2,3)4/h13,17H,5-11H2,1-4H3. The van der Waals surface area contributed by atoms with Crippen LogP contribution < -0.4 is 5.32 Å². The summed E-state index contributed by atoms with van der Waals surface area (Å²) < 4.78 is 10.5. The highest BCUT2D eigenvalue weighted by Crippen LogP contribution is 2.19. The molecule has 1 amide bonds. The first-order chi connectivity index (χ1) is 10.8. The van der Waals surface area contributed by atoms with Crippen molar-refractivity contribution in [3.63, 3.8) is 0 Å². The maximum atomic E-state index is 12.0. The Kier molecular flexibility index (Phi) is 5.98. The Morgan fingerprint density at radius 2 is 2.09 bits per heavy atom. The molecule has 130 valence electrons. The van der Waals surface area contributed by atoms with Crippen LogP contribution in [0.3, 0.4) is 0 Å². The summed E-state index contributed by atoms with van der Waals surface area (Å²) in [7, 11) is 0. The van der Waals surface area contributed by atoms with Crippen LogP contribution in [-0.4, -0.2) is 52.9 Å². The molecular weight excluding hydrogens is 296 g/mol. The molecule has 0 bridgehead atoms. The van der Waals surface area contributed by atoms with Crippen molar-refractivity contribution in [3.05, 3.63) is 11.7 Å². The molecule has 1 saturated heterocycles. The predicted octanol–water partition coefficient (Wildman–Crippen LogP) is 2.16. The monoisotopic (exact) mass is 324 g/mol.